The van der Waals surface area contributed by atoms with Crippen LogP contribution in [0.1, 0.15) is 26.5 Å². The molecule has 0 atom stereocenters. The number of hydrogen-bond donors (Lipinski definition) is 1. The summed E-state index contributed by atoms with van der Waals surface area (Å²) in [5.41, 5.74) is 1.18. The summed E-state index contributed by atoms with van der Waals surface area (Å²) in [5.74, 6) is 0.0213. The predicted octanol–water partition coefficient (Wildman–Crippen LogP) is 2.67. The van der Waals surface area contributed by atoms with Gasteiger partial charge in [-0.25, -0.2) is 0 Å². The summed E-state index contributed by atoms with van der Waals surface area (Å²) >= 11 is 1.54. The first-order chi connectivity index (χ1) is 6.65. The highest BCUT2D eigenvalue weighted by molar-refractivity contribution is 7.14. The maximum Gasteiger partial charge on any atom is 0.261 e. The molecular weight excluding hydrogens is 194 g/mol. The minimum Gasteiger partial charge on any atom is -0.351 e. The van der Waals surface area contributed by atoms with Crippen LogP contribution < -0.4 is 5.32 Å². The van der Waals surface area contributed by atoms with E-state index in [1.165, 1.54) is 10.4 Å². The maximum atomic E-state index is 11.6. The van der Waals surface area contributed by atoms with Crippen molar-refractivity contribution in [2.45, 2.75) is 20.3 Å². The second-order valence-corrected chi connectivity index (χ2v) is 4.44. The highest BCUT2D eigenvalue weighted by Gasteiger charge is 2.08. The lowest BCUT2D eigenvalue weighted by Crippen LogP contribution is -2.23. The fourth-order valence-corrected chi connectivity index (χ4v) is 2.01. The van der Waals surface area contributed by atoms with Crippen LogP contribution in [0.3, 0.4) is 0 Å². The van der Waals surface area contributed by atoms with E-state index in [1.807, 2.05) is 19.9 Å². The Morgan fingerprint density at radius 2 is 2.36 bits per heavy atom. The van der Waals surface area contributed by atoms with Gasteiger partial charge in [0.2, 0.25) is 0 Å². The van der Waals surface area contributed by atoms with E-state index in [4.69, 9.17) is 0 Å². The van der Waals surface area contributed by atoms with E-state index in [9.17, 15) is 4.79 Å². The summed E-state index contributed by atoms with van der Waals surface area (Å²) < 4.78 is 0. The molecule has 0 radical (unpaired) electrons. The van der Waals surface area contributed by atoms with Crippen molar-refractivity contribution in [3.8, 4) is 0 Å². The topological polar surface area (TPSA) is 29.1 Å². The molecule has 1 amide bonds. The van der Waals surface area contributed by atoms with E-state index >= 15 is 0 Å². The molecule has 0 unspecified atom stereocenters. The molecule has 0 saturated carbocycles. The first-order valence-corrected chi connectivity index (χ1v) is 5.43. The summed E-state index contributed by atoms with van der Waals surface area (Å²) in [6, 6.07) is 1.93. The summed E-state index contributed by atoms with van der Waals surface area (Å²) in [5, 5.41) is 2.84. The van der Waals surface area contributed by atoms with Gasteiger partial charge in [0.25, 0.3) is 5.91 Å². The lowest BCUT2D eigenvalue weighted by Gasteiger charge is -1.99. The molecular formula is C11H15NOS. The molecule has 1 aromatic heterocycles. The molecule has 0 aromatic carbocycles. The quantitative estimate of drug-likeness (QED) is 0.599. The number of carbonyl (C=O) groups excluding carboxylic acids is 1. The van der Waals surface area contributed by atoms with Gasteiger partial charge in [0.05, 0.1) is 4.88 Å². The van der Waals surface area contributed by atoms with Crippen molar-refractivity contribution in [3.05, 3.63) is 34.0 Å². The fraction of sp³-hybridized carbons (Fsp3) is 0.364. The van der Waals surface area contributed by atoms with Crippen LogP contribution in [-0.2, 0) is 0 Å². The van der Waals surface area contributed by atoms with E-state index in [0.29, 0.717) is 6.54 Å². The number of carbonyl (C=O) groups is 1. The van der Waals surface area contributed by atoms with Crippen LogP contribution in [-0.4, -0.2) is 12.5 Å². The predicted molar refractivity (Wildman–Crippen MR) is 60.9 cm³/mol. The minimum atomic E-state index is 0.0213. The van der Waals surface area contributed by atoms with Crippen molar-refractivity contribution in [1.82, 2.24) is 5.32 Å². The van der Waals surface area contributed by atoms with Crippen molar-refractivity contribution >= 4 is 17.2 Å². The number of thiophene rings is 1. The van der Waals surface area contributed by atoms with E-state index in [1.54, 1.807) is 17.4 Å². The van der Waals surface area contributed by atoms with Crippen LogP contribution in [0.25, 0.3) is 0 Å². The molecule has 1 aromatic rings. The third-order valence-corrected chi connectivity index (χ3v) is 3.18. The SMILES string of the molecule is C=CCCNC(=O)c1cc(C)c(C)s1. The minimum absolute atomic E-state index is 0.0213. The molecule has 0 saturated heterocycles. The second kappa shape index (κ2) is 4.96. The summed E-state index contributed by atoms with van der Waals surface area (Å²) in [6.07, 6.45) is 2.61. The van der Waals surface area contributed by atoms with E-state index in [2.05, 4.69) is 11.9 Å². The zero-order valence-electron chi connectivity index (χ0n) is 8.59. The standard InChI is InChI=1S/C11H15NOS/c1-4-5-6-12-11(13)10-7-8(2)9(3)14-10/h4,7H,1,5-6H2,2-3H3,(H,12,13). The average molecular weight is 209 g/mol. The molecule has 2 nitrogen and oxygen atoms in total. The number of rotatable bonds is 4. The Labute approximate surface area is 88.6 Å². The number of amides is 1. The lowest BCUT2D eigenvalue weighted by atomic mass is 10.3. The van der Waals surface area contributed by atoms with Crippen molar-refractivity contribution in [1.29, 1.82) is 0 Å². The molecule has 1 heterocycles. The molecule has 0 spiro atoms. The number of hydrogen-bond acceptors (Lipinski definition) is 2. The van der Waals surface area contributed by atoms with Crippen LogP contribution in [0, 0.1) is 13.8 Å². The van der Waals surface area contributed by atoms with Gasteiger partial charge in [-0.1, -0.05) is 6.08 Å². The van der Waals surface area contributed by atoms with Crippen LogP contribution >= 0.6 is 11.3 Å². The average Bonchev–Trinajstić information content (AvgIpc) is 2.47. The Morgan fingerprint density at radius 1 is 1.64 bits per heavy atom. The van der Waals surface area contributed by atoms with Gasteiger partial charge in [0.1, 0.15) is 0 Å². The van der Waals surface area contributed by atoms with E-state index in [0.717, 1.165) is 11.3 Å². The maximum absolute atomic E-state index is 11.6. The first-order valence-electron chi connectivity index (χ1n) is 4.61. The number of nitrogens with one attached hydrogen (secondary N) is 1. The highest BCUT2D eigenvalue weighted by atomic mass is 32.1. The zero-order chi connectivity index (χ0) is 10.6. The smallest absolute Gasteiger partial charge is 0.261 e. The van der Waals surface area contributed by atoms with Crippen LogP contribution in [0.5, 0.6) is 0 Å². The van der Waals surface area contributed by atoms with E-state index < -0.39 is 0 Å². The monoisotopic (exact) mass is 209 g/mol. The van der Waals surface area contributed by atoms with Crippen molar-refractivity contribution in [2.24, 2.45) is 0 Å². The Balaban J connectivity index is 2.56. The Hall–Kier alpha value is -1.09. The van der Waals surface area contributed by atoms with Gasteiger partial charge in [0.15, 0.2) is 0 Å². The zero-order valence-corrected chi connectivity index (χ0v) is 9.41. The molecule has 3 heteroatoms. The van der Waals surface area contributed by atoms with Gasteiger partial charge in [-0.3, -0.25) is 4.79 Å². The molecule has 0 aliphatic heterocycles. The van der Waals surface area contributed by atoms with E-state index in [-0.39, 0.29) is 5.91 Å². The van der Waals surface area contributed by atoms with Crippen LogP contribution in [0.15, 0.2) is 18.7 Å². The Morgan fingerprint density at radius 3 is 2.86 bits per heavy atom. The van der Waals surface area contributed by atoms with Crippen molar-refractivity contribution in [3.63, 3.8) is 0 Å². The third-order valence-electron chi connectivity index (χ3n) is 2.02. The van der Waals surface area contributed by atoms with Gasteiger partial charge in [0, 0.05) is 11.4 Å². The second-order valence-electron chi connectivity index (χ2n) is 3.18. The lowest BCUT2D eigenvalue weighted by molar-refractivity contribution is 0.0958. The van der Waals surface area contributed by atoms with Crippen molar-refractivity contribution < 1.29 is 4.79 Å². The van der Waals surface area contributed by atoms with Gasteiger partial charge >= 0.3 is 0 Å². The Kier molecular flexibility index (Phi) is 3.89. The van der Waals surface area contributed by atoms with Gasteiger partial charge < -0.3 is 5.32 Å². The molecule has 76 valence electrons. The number of aryl methyl sites for hydroxylation is 2. The van der Waals surface area contributed by atoms with Crippen molar-refractivity contribution in [2.75, 3.05) is 6.54 Å². The molecule has 0 fully saturated rings. The van der Waals surface area contributed by atoms with Crippen LogP contribution in [0.2, 0.25) is 0 Å². The largest absolute Gasteiger partial charge is 0.351 e. The molecule has 0 aliphatic rings. The Bertz CT molecular complexity index is 322. The summed E-state index contributed by atoms with van der Waals surface area (Å²) in [6.45, 7) is 8.31. The highest BCUT2D eigenvalue weighted by Crippen LogP contribution is 2.20. The summed E-state index contributed by atoms with van der Waals surface area (Å²) in [7, 11) is 0. The molecule has 1 rings (SSSR count). The molecule has 0 aliphatic carbocycles. The van der Waals surface area contributed by atoms with Crippen LogP contribution in [0.4, 0.5) is 0 Å². The van der Waals surface area contributed by atoms with Gasteiger partial charge in [-0.05, 0) is 31.9 Å². The third kappa shape index (κ3) is 2.70. The first kappa shape index (κ1) is 11.0. The normalized spacial score (nSPS) is 9.86. The van der Waals surface area contributed by atoms with Gasteiger partial charge in [-0.15, -0.1) is 17.9 Å². The molecule has 14 heavy (non-hydrogen) atoms. The fourth-order valence-electron chi connectivity index (χ4n) is 1.06. The molecule has 0 bridgehead atoms. The summed E-state index contributed by atoms with van der Waals surface area (Å²) in [4.78, 5) is 13.6. The van der Waals surface area contributed by atoms with Gasteiger partial charge in [-0.2, -0.15) is 0 Å². The molecule has 1 N–H and O–H groups in total.